The maximum absolute atomic E-state index is 10.8. The third kappa shape index (κ3) is 5.34. The molecule has 4 nitrogen and oxygen atoms in total. The predicted molar refractivity (Wildman–Crippen MR) is 158 cm³/mol. The second-order valence-electron chi connectivity index (χ2n) is 13.9. The van der Waals surface area contributed by atoms with Crippen LogP contribution in [0, 0.1) is 0 Å². The highest BCUT2D eigenvalue weighted by Crippen LogP contribution is 2.51. The van der Waals surface area contributed by atoms with E-state index in [2.05, 4.69) is 48.2 Å². The average molecular weight is 531 g/mol. The maximum atomic E-state index is 10.8. The van der Waals surface area contributed by atoms with Crippen molar-refractivity contribution in [2.45, 2.75) is 139 Å². The molecule has 1 aromatic heterocycles. The molecule has 2 aliphatic carbocycles. The van der Waals surface area contributed by atoms with Crippen LogP contribution in [-0.2, 0) is 16.6 Å². The standard InChI is InChI=1S/C35H50N2O2/c1-26(33(2,3)38)37-23-17-28-12-10-13-29-27(15-16-30(37)32(28)29)11-4-6-18-34(31-14-5-9-22-36-31)21-24-39-35(25-34)19-7-8-20-35/h5,9-10,12-14,22,26-27,30,38H,4,6-8,11,15-21,23-25H2,1-3H3/t26?,27?,30?,34-/m1/s1. The summed E-state index contributed by atoms with van der Waals surface area (Å²) in [7, 11) is 0. The molecule has 0 radical (unpaired) electrons. The summed E-state index contributed by atoms with van der Waals surface area (Å²) in [6, 6.07) is 14.2. The van der Waals surface area contributed by atoms with Crippen LogP contribution in [0.4, 0.5) is 0 Å². The first-order valence-electron chi connectivity index (χ1n) is 16.0. The van der Waals surface area contributed by atoms with Crippen LogP contribution in [0.1, 0.15) is 132 Å². The lowest BCUT2D eigenvalue weighted by atomic mass is 9.67. The summed E-state index contributed by atoms with van der Waals surface area (Å²) < 4.78 is 6.48. The summed E-state index contributed by atoms with van der Waals surface area (Å²) in [5.41, 5.74) is 5.65. The fraction of sp³-hybridized carbons (Fsp3) is 0.686. The second kappa shape index (κ2) is 10.9. The Morgan fingerprint density at radius 1 is 1.08 bits per heavy atom. The molecular weight excluding hydrogens is 480 g/mol. The van der Waals surface area contributed by atoms with E-state index in [-0.39, 0.29) is 17.1 Å². The van der Waals surface area contributed by atoms with E-state index in [4.69, 9.17) is 9.72 Å². The molecule has 6 rings (SSSR count). The van der Waals surface area contributed by atoms with E-state index in [1.54, 1.807) is 16.7 Å². The molecule has 39 heavy (non-hydrogen) atoms. The molecule has 4 heteroatoms. The van der Waals surface area contributed by atoms with Crippen LogP contribution in [-0.4, -0.2) is 45.4 Å². The molecule has 1 saturated heterocycles. The molecule has 3 unspecified atom stereocenters. The van der Waals surface area contributed by atoms with Crippen molar-refractivity contribution in [2.24, 2.45) is 0 Å². The second-order valence-corrected chi connectivity index (χ2v) is 13.9. The van der Waals surface area contributed by atoms with Gasteiger partial charge in [0.25, 0.3) is 0 Å². The van der Waals surface area contributed by atoms with Gasteiger partial charge in [-0.05, 0) is 113 Å². The molecular formula is C35H50N2O2. The number of rotatable bonds is 8. The minimum absolute atomic E-state index is 0.101. The van der Waals surface area contributed by atoms with Gasteiger partial charge in [0.15, 0.2) is 0 Å². The fourth-order valence-electron chi connectivity index (χ4n) is 8.83. The zero-order valence-corrected chi connectivity index (χ0v) is 24.6. The van der Waals surface area contributed by atoms with Gasteiger partial charge in [-0.3, -0.25) is 9.88 Å². The largest absolute Gasteiger partial charge is 0.389 e. The number of unbranched alkanes of at least 4 members (excludes halogenated alkanes) is 1. The minimum Gasteiger partial charge on any atom is -0.389 e. The number of pyridine rings is 1. The zero-order chi connectivity index (χ0) is 27.1. The Labute approximate surface area is 236 Å². The van der Waals surface area contributed by atoms with Gasteiger partial charge in [-0.15, -0.1) is 0 Å². The number of aromatic nitrogens is 1. The van der Waals surface area contributed by atoms with E-state index >= 15 is 0 Å². The highest BCUT2D eigenvalue weighted by molar-refractivity contribution is 5.43. The molecule has 1 saturated carbocycles. The lowest BCUT2D eigenvalue weighted by molar-refractivity contribution is -0.105. The van der Waals surface area contributed by atoms with Crippen LogP contribution in [0.15, 0.2) is 42.6 Å². The predicted octanol–water partition coefficient (Wildman–Crippen LogP) is 7.64. The molecule has 212 valence electrons. The van der Waals surface area contributed by atoms with Gasteiger partial charge in [0.05, 0.1) is 11.2 Å². The van der Waals surface area contributed by atoms with Crippen molar-refractivity contribution in [1.29, 1.82) is 0 Å². The van der Waals surface area contributed by atoms with Crippen LogP contribution in [0.25, 0.3) is 0 Å². The van der Waals surface area contributed by atoms with Crippen LogP contribution >= 0.6 is 0 Å². The summed E-state index contributed by atoms with van der Waals surface area (Å²) >= 11 is 0. The number of hydrogen-bond donors (Lipinski definition) is 1. The lowest BCUT2D eigenvalue weighted by Gasteiger charge is -2.48. The van der Waals surface area contributed by atoms with Gasteiger partial charge in [0, 0.05) is 42.5 Å². The molecule has 3 heterocycles. The van der Waals surface area contributed by atoms with E-state index in [1.165, 1.54) is 69.9 Å². The van der Waals surface area contributed by atoms with Crippen molar-refractivity contribution in [1.82, 2.24) is 9.88 Å². The topological polar surface area (TPSA) is 45.6 Å². The number of hydrogen-bond acceptors (Lipinski definition) is 4. The zero-order valence-electron chi connectivity index (χ0n) is 24.6. The van der Waals surface area contributed by atoms with E-state index in [9.17, 15) is 5.11 Å². The third-order valence-corrected chi connectivity index (χ3v) is 11.2. The van der Waals surface area contributed by atoms with Crippen LogP contribution in [0.3, 0.4) is 0 Å². The van der Waals surface area contributed by atoms with Crippen LogP contribution in [0.5, 0.6) is 0 Å². The number of benzene rings is 1. The van der Waals surface area contributed by atoms with E-state index in [0.717, 1.165) is 32.4 Å². The van der Waals surface area contributed by atoms with Crippen molar-refractivity contribution in [3.05, 3.63) is 65.0 Å². The Morgan fingerprint density at radius 3 is 2.69 bits per heavy atom. The summed E-state index contributed by atoms with van der Waals surface area (Å²) in [6.07, 6.45) is 18.0. The Bertz CT molecular complexity index is 1120. The van der Waals surface area contributed by atoms with Gasteiger partial charge in [-0.25, -0.2) is 0 Å². The van der Waals surface area contributed by atoms with E-state index in [0.29, 0.717) is 12.0 Å². The molecule has 2 aliphatic heterocycles. The smallest absolute Gasteiger partial charge is 0.0743 e. The molecule has 1 aromatic carbocycles. The minimum atomic E-state index is -0.686. The molecule has 1 spiro atoms. The molecule has 0 amide bonds. The van der Waals surface area contributed by atoms with Crippen LogP contribution in [0.2, 0.25) is 0 Å². The summed E-state index contributed by atoms with van der Waals surface area (Å²) in [4.78, 5) is 7.52. The third-order valence-electron chi connectivity index (χ3n) is 11.2. The monoisotopic (exact) mass is 530 g/mol. The fourth-order valence-corrected chi connectivity index (χ4v) is 8.83. The number of ether oxygens (including phenoxy) is 1. The van der Waals surface area contributed by atoms with E-state index < -0.39 is 5.60 Å². The van der Waals surface area contributed by atoms with Gasteiger partial charge in [0.2, 0.25) is 0 Å². The Hall–Kier alpha value is -1.75. The molecule has 4 aliphatic rings. The lowest BCUT2D eigenvalue weighted by Crippen LogP contribution is -2.52. The Morgan fingerprint density at radius 2 is 1.92 bits per heavy atom. The quantitative estimate of drug-likeness (QED) is 0.356. The van der Waals surface area contributed by atoms with E-state index in [1.807, 2.05) is 20.0 Å². The first kappa shape index (κ1) is 27.4. The average Bonchev–Trinajstić information content (AvgIpc) is 3.39. The van der Waals surface area contributed by atoms with Gasteiger partial charge in [-0.2, -0.15) is 0 Å². The van der Waals surface area contributed by atoms with Gasteiger partial charge in [0.1, 0.15) is 0 Å². The first-order chi connectivity index (χ1) is 18.8. The first-order valence-corrected chi connectivity index (χ1v) is 16.0. The van der Waals surface area contributed by atoms with Crippen molar-refractivity contribution in [3.63, 3.8) is 0 Å². The molecule has 0 bridgehead atoms. The maximum Gasteiger partial charge on any atom is 0.0743 e. The Kier molecular flexibility index (Phi) is 7.67. The number of nitrogens with zero attached hydrogens (tertiary/aromatic N) is 2. The molecule has 2 fully saturated rings. The normalized spacial score (nSPS) is 29.3. The Balaban J connectivity index is 1.15. The number of aliphatic hydroxyl groups is 1. The van der Waals surface area contributed by atoms with Crippen molar-refractivity contribution in [2.75, 3.05) is 13.2 Å². The van der Waals surface area contributed by atoms with Crippen molar-refractivity contribution < 1.29 is 9.84 Å². The van der Waals surface area contributed by atoms with Crippen LogP contribution < -0.4 is 0 Å². The summed E-state index contributed by atoms with van der Waals surface area (Å²) in [5.74, 6) is 0.662. The summed E-state index contributed by atoms with van der Waals surface area (Å²) in [6.45, 7) is 8.09. The molecule has 1 N–H and O–H groups in total. The van der Waals surface area contributed by atoms with Gasteiger partial charge in [-0.1, -0.05) is 49.9 Å². The highest BCUT2D eigenvalue weighted by Gasteiger charge is 2.48. The van der Waals surface area contributed by atoms with Crippen molar-refractivity contribution in [3.8, 4) is 0 Å². The SMILES string of the molecule is CC(N1CCc2cccc3c2C1CCC3CCCC[C@@]1(c2ccccn2)CCOC2(CCCC2)C1)C(C)(C)O. The molecule has 2 aromatic rings. The van der Waals surface area contributed by atoms with Gasteiger partial charge >= 0.3 is 0 Å². The van der Waals surface area contributed by atoms with Gasteiger partial charge < -0.3 is 9.84 Å². The summed E-state index contributed by atoms with van der Waals surface area (Å²) in [5, 5.41) is 10.8. The molecule has 4 atom stereocenters. The van der Waals surface area contributed by atoms with Crippen molar-refractivity contribution >= 4 is 0 Å². The highest BCUT2D eigenvalue weighted by atomic mass is 16.5.